The first-order chi connectivity index (χ1) is 10.3. The summed E-state index contributed by atoms with van der Waals surface area (Å²) in [6.07, 6.45) is 4.24. The van der Waals surface area contributed by atoms with Crippen molar-refractivity contribution >= 4 is 22.6 Å². The van der Waals surface area contributed by atoms with Crippen molar-refractivity contribution in [2.24, 2.45) is 0 Å². The van der Waals surface area contributed by atoms with Gasteiger partial charge in [0.1, 0.15) is 17.1 Å². The van der Waals surface area contributed by atoms with E-state index < -0.39 is 0 Å². The van der Waals surface area contributed by atoms with Crippen molar-refractivity contribution < 1.29 is 4.74 Å². The molecule has 1 aromatic carbocycles. The number of aromatic nitrogens is 5. The Morgan fingerprint density at radius 2 is 2.19 bits per heavy atom. The van der Waals surface area contributed by atoms with Gasteiger partial charge >= 0.3 is 0 Å². The van der Waals surface area contributed by atoms with E-state index in [0.717, 1.165) is 42.1 Å². The van der Waals surface area contributed by atoms with E-state index in [1.807, 2.05) is 24.4 Å². The zero-order valence-electron chi connectivity index (χ0n) is 11.7. The maximum Gasteiger partial charge on any atom is 0.146 e. The monoisotopic (exact) mass is 305 g/mol. The molecule has 0 saturated heterocycles. The van der Waals surface area contributed by atoms with Gasteiger partial charge in [-0.25, -0.2) is 4.98 Å². The van der Waals surface area contributed by atoms with Gasteiger partial charge in [0.25, 0.3) is 0 Å². The lowest BCUT2D eigenvalue weighted by molar-refractivity contribution is 0.419. The number of ether oxygens (including phenoxy) is 1. The highest BCUT2D eigenvalue weighted by Crippen LogP contribution is 2.26. The molecule has 0 fully saturated rings. The van der Waals surface area contributed by atoms with Gasteiger partial charge in [-0.3, -0.25) is 4.68 Å². The summed E-state index contributed by atoms with van der Waals surface area (Å²) in [7, 11) is 1.66. The van der Waals surface area contributed by atoms with E-state index >= 15 is 0 Å². The Hall–Kier alpha value is -2.08. The molecule has 0 aliphatic carbocycles. The van der Waals surface area contributed by atoms with Crippen LogP contribution in [0, 0.1) is 0 Å². The number of rotatable bonds is 6. The molecule has 0 saturated carbocycles. The number of alkyl halides is 1. The van der Waals surface area contributed by atoms with Crippen molar-refractivity contribution in [2.45, 2.75) is 19.5 Å². The molecule has 0 atom stereocenters. The molecule has 6 nitrogen and oxygen atoms in total. The molecule has 2 aromatic heterocycles. The molecule has 2 heterocycles. The van der Waals surface area contributed by atoms with Crippen LogP contribution >= 0.6 is 11.6 Å². The Labute approximate surface area is 127 Å². The smallest absolute Gasteiger partial charge is 0.146 e. The normalized spacial score (nSPS) is 11.1. The summed E-state index contributed by atoms with van der Waals surface area (Å²) < 4.78 is 9.36. The number of imidazole rings is 1. The Morgan fingerprint density at radius 3 is 2.90 bits per heavy atom. The van der Waals surface area contributed by atoms with Gasteiger partial charge in [0.05, 0.1) is 25.4 Å². The van der Waals surface area contributed by atoms with Crippen LogP contribution in [0.3, 0.4) is 0 Å². The molecule has 7 heteroatoms. The summed E-state index contributed by atoms with van der Waals surface area (Å²) in [5.74, 6) is 2.28. The fourth-order valence-electron chi connectivity index (χ4n) is 2.41. The maximum atomic E-state index is 5.90. The zero-order chi connectivity index (χ0) is 14.7. The molecule has 0 bridgehead atoms. The molecule has 0 radical (unpaired) electrons. The first-order valence-corrected chi connectivity index (χ1v) is 7.29. The van der Waals surface area contributed by atoms with Crippen molar-refractivity contribution in [3.8, 4) is 5.75 Å². The molecule has 21 heavy (non-hydrogen) atoms. The highest BCUT2D eigenvalue weighted by Gasteiger charge is 2.13. The number of nitrogens with zero attached hydrogens (tertiary/aromatic N) is 5. The third-order valence-corrected chi connectivity index (χ3v) is 3.57. The second kappa shape index (κ2) is 6.13. The summed E-state index contributed by atoms with van der Waals surface area (Å²) >= 11 is 5.90. The number of aryl methyl sites for hydroxylation is 3. The first kappa shape index (κ1) is 13.9. The number of para-hydroxylation sites is 1. The SMILES string of the molecule is COc1cccc2c1nc(CCCl)n2CCn1ccnn1. The Bertz CT molecular complexity index is 722. The van der Waals surface area contributed by atoms with E-state index in [1.54, 1.807) is 18.0 Å². The van der Waals surface area contributed by atoms with Crippen molar-refractivity contribution in [3.63, 3.8) is 0 Å². The van der Waals surface area contributed by atoms with Gasteiger partial charge < -0.3 is 9.30 Å². The summed E-state index contributed by atoms with van der Waals surface area (Å²) in [4.78, 5) is 4.68. The van der Waals surface area contributed by atoms with Gasteiger partial charge in [-0.15, -0.1) is 16.7 Å². The Kier molecular flexibility index (Phi) is 4.06. The average molecular weight is 306 g/mol. The van der Waals surface area contributed by atoms with Crippen LogP contribution < -0.4 is 4.74 Å². The average Bonchev–Trinajstić information content (AvgIpc) is 3.12. The van der Waals surface area contributed by atoms with E-state index in [4.69, 9.17) is 16.3 Å². The quantitative estimate of drug-likeness (QED) is 0.655. The minimum atomic E-state index is 0.537. The van der Waals surface area contributed by atoms with Gasteiger partial charge in [-0.1, -0.05) is 11.3 Å². The van der Waals surface area contributed by atoms with Gasteiger partial charge in [0.15, 0.2) is 0 Å². The van der Waals surface area contributed by atoms with E-state index in [0.29, 0.717) is 5.88 Å². The molecular formula is C14H16ClN5O. The molecule has 3 rings (SSSR count). The van der Waals surface area contributed by atoms with Gasteiger partial charge in [-0.2, -0.15) is 0 Å². The predicted octanol–water partition coefficient (Wildman–Crippen LogP) is 2.12. The largest absolute Gasteiger partial charge is 0.494 e. The minimum absolute atomic E-state index is 0.537. The molecule has 0 aliphatic rings. The van der Waals surface area contributed by atoms with E-state index in [2.05, 4.69) is 19.9 Å². The molecular weight excluding hydrogens is 290 g/mol. The minimum Gasteiger partial charge on any atom is -0.494 e. The van der Waals surface area contributed by atoms with E-state index in [1.165, 1.54) is 0 Å². The lowest BCUT2D eigenvalue weighted by Crippen LogP contribution is -2.11. The lowest BCUT2D eigenvalue weighted by atomic mass is 10.3. The lowest BCUT2D eigenvalue weighted by Gasteiger charge is -2.08. The number of fused-ring (bicyclic) bond motifs is 1. The summed E-state index contributed by atoms with van der Waals surface area (Å²) in [6, 6.07) is 5.94. The summed E-state index contributed by atoms with van der Waals surface area (Å²) in [6.45, 7) is 1.50. The number of hydrogen-bond acceptors (Lipinski definition) is 4. The molecule has 0 aliphatic heterocycles. The van der Waals surface area contributed by atoms with Crippen LogP contribution in [0.4, 0.5) is 0 Å². The Balaban J connectivity index is 1.99. The van der Waals surface area contributed by atoms with Crippen molar-refractivity contribution in [2.75, 3.05) is 13.0 Å². The van der Waals surface area contributed by atoms with Gasteiger partial charge in [-0.05, 0) is 12.1 Å². The molecule has 0 N–H and O–H groups in total. The third kappa shape index (κ3) is 2.71. The zero-order valence-corrected chi connectivity index (χ0v) is 12.5. The molecule has 0 unspecified atom stereocenters. The maximum absolute atomic E-state index is 5.90. The fourth-order valence-corrected chi connectivity index (χ4v) is 2.58. The third-order valence-electron chi connectivity index (χ3n) is 3.38. The highest BCUT2D eigenvalue weighted by molar-refractivity contribution is 6.17. The van der Waals surface area contributed by atoms with E-state index in [-0.39, 0.29) is 0 Å². The van der Waals surface area contributed by atoms with Crippen LogP contribution in [-0.4, -0.2) is 37.5 Å². The number of hydrogen-bond donors (Lipinski definition) is 0. The number of benzene rings is 1. The van der Waals surface area contributed by atoms with Crippen LogP contribution in [0.1, 0.15) is 5.82 Å². The van der Waals surface area contributed by atoms with Crippen molar-refractivity contribution in [1.29, 1.82) is 0 Å². The number of halogens is 1. The van der Waals surface area contributed by atoms with Crippen LogP contribution in [0.5, 0.6) is 5.75 Å². The molecule has 3 aromatic rings. The highest BCUT2D eigenvalue weighted by atomic mass is 35.5. The molecule has 0 amide bonds. The predicted molar refractivity (Wildman–Crippen MR) is 80.7 cm³/mol. The summed E-state index contributed by atoms with van der Waals surface area (Å²) in [5, 5.41) is 7.80. The van der Waals surface area contributed by atoms with Gasteiger partial charge in [0.2, 0.25) is 0 Å². The summed E-state index contributed by atoms with van der Waals surface area (Å²) in [5.41, 5.74) is 1.92. The van der Waals surface area contributed by atoms with Crippen molar-refractivity contribution in [3.05, 3.63) is 36.4 Å². The standard InChI is InChI=1S/C14H16ClN5O/c1-21-12-4-2-3-11-14(12)17-13(5-6-15)20(11)10-9-19-8-7-16-18-19/h2-4,7-8H,5-6,9-10H2,1H3. The van der Waals surface area contributed by atoms with Crippen LogP contribution in [0.15, 0.2) is 30.6 Å². The number of methoxy groups -OCH3 is 1. The van der Waals surface area contributed by atoms with Gasteiger partial charge in [0, 0.05) is 25.0 Å². The van der Waals surface area contributed by atoms with Crippen LogP contribution in [-0.2, 0) is 19.5 Å². The molecule has 110 valence electrons. The fraction of sp³-hybridized carbons (Fsp3) is 0.357. The van der Waals surface area contributed by atoms with Crippen LogP contribution in [0.25, 0.3) is 11.0 Å². The van der Waals surface area contributed by atoms with Crippen molar-refractivity contribution in [1.82, 2.24) is 24.5 Å². The Morgan fingerprint density at radius 1 is 1.29 bits per heavy atom. The van der Waals surface area contributed by atoms with Crippen LogP contribution in [0.2, 0.25) is 0 Å². The second-order valence-electron chi connectivity index (χ2n) is 4.61. The van der Waals surface area contributed by atoms with E-state index in [9.17, 15) is 0 Å². The molecule has 0 spiro atoms. The topological polar surface area (TPSA) is 57.8 Å². The first-order valence-electron chi connectivity index (χ1n) is 6.75. The second-order valence-corrected chi connectivity index (χ2v) is 4.99.